The molecule has 1 aliphatic heterocycles. The number of nitrogens with zero attached hydrogens (tertiary/aromatic N) is 1. The van der Waals surface area contributed by atoms with Gasteiger partial charge in [-0.1, -0.05) is 43.2 Å². The number of anilines is 2. The first kappa shape index (κ1) is 18.9. The van der Waals surface area contributed by atoms with Gasteiger partial charge in [0.1, 0.15) is 5.82 Å². The smallest absolute Gasteiger partial charge is 0.321 e. The summed E-state index contributed by atoms with van der Waals surface area (Å²) in [6.45, 7) is 1.46. The van der Waals surface area contributed by atoms with Gasteiger partial charge in [0, 0.05) is 18.8 Å². The summed E-state index contributed by atoms with van der Waals surface area (Å²) in [6, 6.07) is 13.3. The van der Waals surface area contributed by atoms with Crippen LogP contribution in [-0.2, 0) is 11.2 Å². The van der Waals surface area contributed by atoms with Crippen LogP contribution in [0.5, 0.6) is 0 Å². The molecule has 0 spiro atoms. The van der Waals surface area contributed by atoms with Crippen molar-refractivity contribution in [1.82, 2.24) is 4.90 Å². The molecule has 0 bridgehead atoms. The van der Waals surface area contributed by atoms with E-state index < -0.39 is 5.82 Å². The molecule has 27 heavy (non-hydrogen) atoms. The molecule has 1 fully saturated rings. The van der Waals surface area contributed by atoms with E-state index in [0.717, 1.165) is 44.3 Å². The maximum atomic E-state index is 14.1. The maximum absolute atomic E-state index is 14.1. The Morgan fingerprint density at radius 3 is 2.33 bits per heavy atom. The zero-order valence-electron chi connectivity index (χ0n) is 15.2. The van der Waals surface area contributed by atoms with E-state index in [1.54, 1.807) is 4.90 Å². The van der Waals surface area contributed by atoms with Crippen LogP contribution in [0.15, 0.2) is 48.5 Å². The Morgan fingerprint density at radius 2 is 1.63 bits per heavy atom. The predicted molar refractivity (Wildman–Crippen MR) is 104 cm³/mol. The SMILES string of the molecule is O=C(Cc1ccccc1)Nc1cc(NC(=O)N2CCCCCC2)ccc1F. The highest BCUT2D eigenvalue weighted by molar-refractivity contribution is 5.94. The fourth-order valence-electron chi connectivity index (χ4n) is 3.15. The first-order valence-electron chi connectivity index (χ1n) is 9.31. The molecule has 1 saturated heterocycles. The molecule has 2 aromatic carbocycles. The van der Waals surface area contributed by atoms with Crippen molar-refractivity contribution in [2.24, 2.45) is 0 Å². The number of urea groups is 1. The van der Waals surface area contributed by atoms with E-state index in [0.29, 0.717) is 5.69 Å². The molecule has 3 rings (SSSR count). The molecule has 3 amide bonds. The molecule has 1 heterocycles. The van der Waals surface area contributed by atoms with Gasteiger partial charge in [-0.2, -0.15) is 0 Å². The van der Waals surface area contributed by atoms with Crippen molar-refractivity contribution < 1.29 is 14.0 Å². The van der Waals surface area contributed by atoms with Gasteiger partial charge in [-0.25, -0.2) is 9.18 Å². The van der Waals surface area contributed by atoms with Crippen LogP contribution in [-0.4, -0.2) is 29.9 Å². The minimum absolute atomic E-state index is 0.0598. The summed E-state index contributed by atoms with van der Waals surface area (Å²) >= 11 is 0. The van der Waals surface area contributed by atoms with Crippen LogP contribution in [0.1, 0.15) is 31.2 Å². The molecule has 0 aromatic heterocycles. The quantitative estimate of drug-likeness (QED) is 0.838. The van der Waals surface area contributed by atoms with E-state index in [4.69, 9.17) is 0 Å². The molecule has 0 unspecified atom stereocenters. The first-order valence-corrected chi connectivity index (χ1v) is 9.31. The number of nitrogens with one attached hydrogen (secondary N) is 2. The zero-order chi connectivity index (χ0) is 19.1. The number of benzene rings is 2. The second-order valence-corrected chi connectivity index (χ2v) is 6.74. The second-order valence-electron chi connectivity index (χ2n) is 6.74. The third-order valence-electron chi connectivity index (χ3n) is 4.59. The van der Waals surface area contributed by atoms with E-state index in [1.165, 1.54) is 18.2 Å². The molecule has 0 radical (unpaired) electrons. The zero-order valence-corrected chi connectivity index (χ0v) is 15.2. The summed E-state index contributed by atoms with van der Waals surface area (Å²) in [5, 5.41) is 5.38. The molecule has 5 nitrogen and oxygen atoms in total. The lowest BCUT2D eigenvalue weighted by Gasteiger charge is -2.21. The standard InChI is InChI=1S/C21H24FN3O2/c22-18-11-10-17(23-21(27)25-12-6-1-2-7-13-25)15-19(18)24-20(26)14-16-8-4-3-5-9-16/h3-5,8-11,15H,1-2,6-7,12-14H2,(H,23,27)(H,24,26). The van der Waals surface area contributed by atoms with Gasteiger partial charge >= 0.3 is 6.03 Å². The normalized spacial score (nSPS) is 14.3. The second kappa shape index (κ2) is 9.16. The van der Waals surface area contributed by atoms with Gasteiger partial charge in [-0.05, 0) is 36.6 Å². The van der Waals surface area contributed by atoms with Crippen LogP contribution < -0.4 is 10.6 Å². The molecule has 2 N–H and O–H groups in total. The van der Waals surface area contributed by atoms with Crippen LogP contribution in [0.2, 0.25) is 0 Å². The van der Waals surface area contributed by atoms with Crippen molar-refractivity contribution in [1.29, 1.82) is 0 Å². The molecule has 0 saturated carbocycles. The molecule has 6 heteroatoms. The lowest BCUT2D eigenvalue weighted by molar-refractivity contribution is -0.115. The van der Waals surface area contributed by atoms with Crippen LogP contribution in [0, 0.1) is 5.82 Å². The van der Waals surface area contributed by atoms with Gasteiger partial charge in [-0.15, -0.1) is 0 Å². The molecule has 142 valence electrons. The highest BCUT2D eigenvalue weighted by Gasteiger charge is 2.16. The maximum Gasteiger partial charge on any atom is 0.321 e. The average Bonchev–Trinajstić information content (AvgIpc) is 2.95. The Labute approximate surface area is 158 Å². The molecular weight excluding hydrogens is 345 g/mol. The van der Waals surface area contributed by atoms with Gasteiger partial charge in [0.2, 0.25) is 5.91 Å². The van der Waals surface area contributed by atoms with Crippen molar-refractivity contribution in [2.75, 3.05) is 23.7 Å². The number of hydrogen-bond donors (Lipinski definition) is 2. The van der Waals surface area contributed by atoms with Crippen LogP contribution in [0.3, 0.4) is 0 Å². The topological polar surface area (TPSA) is 61.4 Å². The molecular formula is C21H24FN3O2. The van der Waals surface area contributed by atoms with Crippen molar-refractivity contribution in [3.05, 3.63) is 59.9 Å². The van der Waals surface area contributed by atoms with Gasteiger partial charge in [-0.3, -0.25) is 4.79 Å². The van der Waals surface area contributed by atoms with Gasteiger partial charge in [0.15, 0.2) is 0 Å². The number of halogens is 1. The van der Waals surface area contributed by atoms with Crippen LogP contribution in [0.4, 0.5) is 20.6 Å². The van der Waals surface area contributed by atoms with Gasteiger partial charge < -0.3 is 15.5 Å². The molecule has 0 aliphatic carbocycles. The van der Waals surface area contributed by atoms with E-state index in [2.05, 4.69) is 10.6 Å². The average molecular weight is 369 g/mol. The van der Waals surface area contributed by atoms with E-state index in [9.17, 15) is 14.0 Å². The minimum Gasteiger partial charge on any atom is -0.325 e. The third kappa shape index (κ3) is 5.54. The summed E-state index contributed by atoms with van der Waals surface area (Å²) in [5.41, 5.74) is 1.37. The highest BCUT2D eigenvalue weighted by Crippen LogP contribution is 2.21. The summed E-state index contributed by atoms with van der Waals surface area (Å²) in [5.74, 6) is -0.847. The van der Waals surface area contributed by atoms with Crippen molar-refractivity contribution in [3.63, 3.8) is 0 Å². The van der Waals surface area contributed by atoms with E-state index in [1.807, 2.05) is 30.3 Å². The number of carbonyl (C=O) groups is 2. The van der Waals surface area contributed by atoms with Crippen molar-refractivity contribution in [2.45, 2.75) is 32.1 Å². The van der Waals surface area contributed by atoms with Crippen LogP contribution in [0.25, 0.3) is 0 Å². The number of amides is 3. The van der Waals surface area contributed by atoms with Crippen molar-refractivity contribution >= 4 is 23.3 Å². The molecule has 0 atom stereocenters. The Morgan fingerprint density at radius 1 is 0.926 bits per heavy atom. The van der Waals surface area contributed by atoms with Crippen LogP contribution >= 0.6 is 0 Å². The van der Waals surface area contributed by atoms with Gasteiger partial charge in [0.25, 0.3) is 0 Å². The largest absolute Gasteiger partial charge is 0.325 e. The highest BCUT2D eigenvalue weighted by atomic mass is 19.1. The Bertz CT molecular complexity index is 787. The number of hydrogen-bond acceptors (Lipinski definition) is 2. The summed E-state index contributed by atoms with van der Waals surface area (Å²) in [6.07, 6.45) is 4.43. The Kier molecular flexibility index (Phi) is 6.41. The predicted octanol–water partition coefficient (Wildman–Crippen LogP) is 4.41. The fraction of sp³-hybridized carbons (Fsp3) is 0.333. The fourth-order valence-corrected chi connectivity index (χ4v) is 3.15. The van der Waals surface area contributed by atoms with Crippen molar-refractivity contribution in [3.8, 4) is 0 Å². The third-order valence-corrected chi connectivity index (χ3v) is 4.59. The van der Waals surface area contributed by atoms with E-state index >= 15 is 0 Å². The lowest BCUT2D eigenvalue weighted by atomic mass is 10.1. The molecule has 1 aliphatic rings. The molecule has 2 aromatic rings. The Balaban J connectivity index is 1.63. The number of rotatable bonds is 4. The summed E-state index contributed by atoms with van der Waals surface area (Å²) < 4.78 is 14.1. The number of likely N-dealkylation sites (tertiary alicyclic amines) is 1. The number of carbonyl (C=O) groups excluding carboxylic acids is 2. The lowest BCUT2D eigenvalue weighted by Crippen LogP contribution is -2.35. The Hall–Kier alpha value is -2.89. The first-order chi connectivity index (χ1) is 13.1. The monoisotopic (exact) mass is 369 g/mol. The summed E-state index contributed by atoms with van der Waals surface area (Å²) in [7, 11) is 0. The summed E-state index contributed by atoms with van der Waals surface area (Å²) in [4.78, 5) is 26.4. The van der Waals surface area contributed by atoms with Gasteiger partial charge in [0.05, 0.1) is 12.1 Å². The van der Waals surface area contributed by atoms with E-state index in [-0.39, 0.29) is 24.0 Å². The minimum atomic E-state index is -0.538.